The number of hydrogen-bond acceptors (Lipinski definition) is 4. The number of carbonyl (C=O) groups excluding carboxylic acids is 2. The van der Waals surface area contributed by atoms with Gasteiger partial charge in [-0.2, -0.15) is 0 Å². The normalized spacial score (nSPS) is 26.2. The smallest absolute Gasteiger partial charge is 0.325 e. The minimum Gasteiger partial charge on any atom is -0.508 e. The summed E-state index contributed by atoms with van der Waals surface area (Å²) in [4.78, 5) is 25.5. The molecule has 0 aliphatic carbocycles. The third-order valence-electron chi connectivity index (χ3n) is 3.65. The van der Waals surface area contributed by atoms with Gasteiger partial charge in [-0.15, -0.1) is 0 Å². The molecule has 0 saturated carbocycles. The highest BCUT2D eigenvalue weighted by molar-refractivity contribution is 6.07. The van der Waals surface area contributed by atoms with Gasteiger partial charge >= 0.3 is 6.03 Å². The van der Waals surface area contributed by atoms with E-state index in [-0.39, 0.29) is 24.2 Å². The predicted molar refractivity (Wildman–Crippen MR) is 67.4 cm³/mol. The van der Waals surface area contributed by atoms with Crippen molar-refractivity contribution in [2.45, 2.75) is 18.5 Å². The Morgan fingerprint density at radius 1 is 1.37 bits per heavy atom. The van der Waals surface area contributed by atoms with E-state index in [1.54, 1.807) is 24.3 Å². The van der Waals surface area contributed by atoms with Gasteiger partial charge in [0.2, 0.25) is 0 Å². The SMILES string of the molecule is O=C1NC2(CCNC2)C(=O)N1Cc1cccc(O)c1. The average molecular weight is 261 g/mol. The molecule has 3 N–H and O–H groups in total. The lowest BCUT2D eigenvalue weighted by atomic mass is 9.99. The first-order chi connectivity index (χ1) is 9.11. The van der Waals surface area contributed by atoms with E-state index in [0.717, 1.165) is 12.1 Å². The van der Waals surface area contributed by atoms with Crippen molar-refractivity contribution in [3.63, 3.8) is 0 Å². The molecule has 1 aromatic rings. The number of nitrogens with zero attached hydrogens (tertiary/aromatic N) is 1. The minimum atomic E-state index is -0.770. The Balaban J connectivity index is 1.82. The second-order valence-electron chi connectivity index (χ2n) is 5.00. The highest BCUT2D eigenvalue weighted by Gasteiger charge is 2.52. The van der Waals surface area contributed by atoms with Crippen molar-refractivity contribution in [3.8, 4) is 5.75 Å². The van der Waals surface area contributed by atoms with E-state index in [9.17, 15) is 14.7 Å². The molecule has 2 aliphatic heterocycles. The van der Waals surface area contributed by atoms with Gasteiger partial charge in [0.25, 0.3) is 5.91 Å². The first-order valence-corrected chi connectivity index (χ1v) is 6.23. The van der Waals surface area contributed by atoms with Crippen LogP contribution in [-0.4, -0.2) is 40.6 Å². The standard InChI is InChI=1S/C13H15N3O3/c17-10-3-1-2-9(6-10)7-16-11(18)13(15-12(16)19)4-5-14-8-13/h1-3,6,14,17H,4-5,7-8H2,(H,15,19). The van der Waals surface area contributed by atoms with Crippen LogP contribution in [-0.2, 0) is 11.3 Å². The Morgan fingerprint density at radius 2 is 2.21 bits per heavy atom. The summed E-state index contributed by atoms with van der Waals surface area (Å²) in [7, 11) is 0. The molecule has 2 saturated heterocycles. The largest absolute Gasteiger partial charge is 0.508 e. The lowest BCUT2D eigenvalue weighted by Crippen LogP contribution is -2.48. The van der Waals surface area contributed by atoms with Crippen molar-refractivity contribution in [3.05, 3.63) is 29.8 Å². The minimum absolute atomic E-state index is 0.127. The number of hydrogen-bond donors (Lipinski definition) is 3. The van der Waals surface area contributed by atoms with E-state index >= 15 is 0 Å². The highest BCUT2D eigenvalue weighted by Crippen LogP contribution is 2.26. The van der Waals surface area contributed by atoms with Gasteiger partial charge in [0.15, 0.2) is 0 Å². The van der Waals surface area contributed by atoms with Crippen LogP contribution in [0.1, 0.15) is 12.0 Å². The second-order valence-corrected chi connectivity index (χ2v) is 5.00. The molecule has 0 bridgehead atoms. The van der Waals surface area contributed by atoms with Gasteiger partial charge in [-0.3, -0.25) is 9.69 Å². The summed E-state index contributed by atoms with van der Waals surface area (Å²) in [5, 5.41) is 15.3. The molecule has 1 aromatic carbocycles. The van der Waals surface area contributed by atoms with E-state index in [0.29, 0.717) is 13.0 Å². The maximum atomic E-state index is 12.4. The molecule has 6 nitrogen and oxygen atoms in total. The molecule has 2 fully saturated rings. The zero-order valence-corrected chi connectivity index (χ0v) is 10.3. The summed E-state index contributed by atoms with van der Waals surface area (Å²) >= 11 is 0. The summed E-state index contributed by atoms with van der Waals surface area (Å²) in [5.41, 5.74) is -0.0417. The number of urea groups is 1. The molecule has 2 aliphatic rings. The molecule has 1 atom stereocenters. The third kappa shape index (κ3) is 1.94. The highest BCUT2D eigenvalue weighted by atomic mass is 16.3. The van der Waals surface area contributed by atoms with Crippen molar-refractivity contribution in [1.82, 2.24) is 15.5 Å². The quantitative estimate of drug-likeness (QED) is 0.663. The first kappa shape index (κ1) is 12.0. The maximum absolute atomic E-state index is 12.4. The lowest BCUT2D eigenvalue weighted by Gasteiger charge is -2.19. The Labute approximate surface area is 110 Å². The fourth-order valence-corrected chi connectivity index (χ4v) is 2.64. The molecule has 2 heterocycles. The van der Waals surface area contributed by atoms with Crippen LogP contribution in [0.25, 0.3) is 0 Å². The van der Waals surface area contributed by atoms with E-state index in [1.807, 2.05) is 0 Å². The zero-order valence-electron chi connectivity index (χ0n) is 10.3. The van der Waals surface area contributed by atoms with Gasteiger partial charge in [-0.05, 0) is 30.7 Å². The Morgan fingerprint density at radius 3 is 2.89 bits per heavy atom. The van der Waals surface area contributed by atoms with Crippen LogP contribution in [0.5, 0.6) is 5.75 Å². The number of aromatic hydroxyl groups is 1. The van der Waals surface area contributed by atoms with Crippen molar-refractivity contribution in [1.29, 1.82) is 0 Å². The number of nitrogens with one attached hydrogen (secondary N) is 2. The van der Waals surface area contributed by atoms with E-state index in [4.69, 9.17) is 0 Å². The fourth-order valence-electron chi connectivity index (χ4n) is 2.64. The van der Waals surface area contributed by atoms with Crippen molar-refractivity contribution < 1.29 is 14.7 Å². The molecule has 1 spiro atoms. The van der Waals surface area contributed by atoms with Gasteiger partial charge in [-0.25, -0.2) is 4.79 Å². The molecule has 19 heavy (non-hydrogen) atoms. The van der Waals surface area contributed by atoms with Crippen LogP contribution in [0.3, 0.4) is 0 Å². The Bertz CT molecular complexity index is 538. The Hall–Kier alpha value is -2.08. The van der Waals surface area contributed by atoms with Crippen LogP contribution in [0, 0.1) is 0 Å². The molecule has 0 aromatic heterocycles. The number of benzene rings is 1. The predicted octanol–water partition coefficient (Wildman–Crippen LogP) is 0.176. The lowest BCUT2D eigenvalue weighted by molar-refractivity contribution is -0.131. The van der Waals surface area contributed by atoms with E-state index in [1.165, 1.54) is 4.90 Å². The summed E-state index contributed by atoms with van der Waals surface area (Å²) in [6.45, 7) is 1.39. The van der Waals surface area contributed by atoms with Crippen molar-refractivity contribution in [2.24, 2.45) is 0 Å². The van der Waals surface area contributed by atoms with Crippen LogP contribution >= 0.6 is 0 Å². The maximum Gasteiger partial charge on any atom is 0.325 e. The average Bonchev–Trinajstić information content (AvgIpc) is 2.92. The third-order valence-corrected chi connectivity index (χ3v) is 3.65. The number of carbonyl (C=O) groups is 2. The second kappa shape index (κ2) is 4.24. The Kier molecular flexibility index (Phi) is 2.67. The van der Waals surface area contributed by atoms with Crippen molar-refractivity contribution in [2.75, 3.05) is 13.1 Å². The molecule has 3 amide bonds. The summed E-state index contributed by atoms with van der Waals surface area (Å²) in [5.74, 6) is -0.0624. The van der Waals surface area contributed by atoms with Crippen LogP contribution in [0.4, 0.5) is 4.79 Å². The number of phenols is 1. The van der Waals surface area contributed by atoms with E-state index < -0.39 is 5.54 Å². The van der Waals surface area contributed by atoms with E-state index in [2.05, 4.69) is 10.6 Å². The topological polar surface area (TPSA) is 81.7 Å². The molecule has 1 unspecified atom stereocenters. The first-order valence-electron chi connectivity index (χ1n) is 6.23. The summed E-state index contributed by atoms with van der Waals surface area (Å²) in [6, 6.07) is 6.21. The van der Waals surface area contributed by atoms with Crippen molar-refractivity contribution >= 4 is 11.9 Å². The number of rotatable bonds is 2. The van der Waals surface area contributed by atoms with Gasteiger partial charge in [-0.1, -0.05) is 12.1 Å². The van der Waals surface area contributed by atoms with Gasteiger partial charge in [0.05, 0.1) is 6.54 Å². The van der Waals surface area contributed by atoms with Gasteiger partial charge < -0.3 is 15.7 Å². The van der Waals surface area contributed by atoms with Crippen LogP contribution in [0.2, 0.25) is 0 Å². The number of phenolic OH excluding ortho intramolecular Hbond substituents is 1. The summed E-state index contributed by atoms with van der Waals surface area (Å²) < 4.78 is 0. The molecule has 0 radical (unpaired) electrons. The monoisotopic (exact) mass is 261 g/mol. The molecular formula is C13H15N3O3. The molecule has 100 valence electrons. The number of imide groups is 1. The van der Waals surface area contributed by atoms with Crippen LogP contribution in [0.15, 0.2) is 24.3 Å². The molecule has 3 rings (SSSR count). The number of amides is 3. The van der Waals surface area contributed by atoms with Crippen LogP contribution < -0.4 is 10.6 Å². The molecule has 6 heteroatoms. The molecular weight excluding hydrogens is 246 g/mol. The van der Waals surface area contributed by atoms with Gasteiger partial charge in [0, 0.05) is 6.54 Å². The summed E-state index contributed by atoms with van der Waals surface area (Å²) in [6.07, 6.45) is 0.619. The van der Waals surface area contributed by atoms with Gasteiger partial charge in [0.1, 0.15) is 11.3 Å². The zero-order chi connectivity index (χ0) is 13.5. The fraction of sp³-hybridized carbons (Fsp3) is 0.385.